The van der Waals surface area contributed by atoms with E-state index in [1.807, 2.05) is 0 Å². The van der Waals surface area contributed by atoms with Gasteiger partial charge in [0, 0.05) is 25.1 Å². The molecule has 0 unspecified atom stereocenters. The van der Waals surface area contributed by atoms with Crippen LogP contribution in [-0.4, -0.2) is 0 Å². The Balaban J connectivity index is 1.80. The monoisotopic (exact) mass is 333 g/mol. The van der Waals surface area contributed by atoms with Crippen LogP contribution >= 0.6 is 0 Å². The van der Waals surface area contributed by atoms with Crippen molar-refractivity contribution in [3.63, 3.8) is 0 Å². The molecular formula is C22H41N2+. The van der Waals surface area contributed by atoms with Crippen LogP contribution in [0.25, 0.3) is 0 Å². The third-order valence-corrected chi connectivity index (χ3v) is 4.97. The van der Waals surface area contributed by atoms with Gasteiger partial charge in [-0.05, 0) is 12.0 Å². The summed E-state index contributed by atoms with van der Waals surface area (Å²) in [6, 6.07) is 4.26. The van der Waals surface area contributed by atoms with Gasteiger partial charge in [-0.15, -0.1) is 0 Å². The van der Waals surface area contributed by atoms with Crippen LogP contribution in [-0.2, 0) is 13.1 Å². The third-order valence-electron chi connectivity index (χ3n) is 4.97. The number of pyridine rings is 1. The van der Waals surface area contributed by atoms with E-state index in [0.29, 0.717) is 6.54 Å². The van der Waals surface area contributed by atoms with Gasteiger partial charge in [0.05, 0.1) is 0 Å². The van der Waals surface area contributed by atoms with Crippen LogP contribution in [0.3, 0.4) is 0 Å². The van der Waals surface area contributed by atoms with Gasteiger partial charge in [0.25, 0.3) is 0 Å². The minimum absolute atomic E-state index is 0.639. The van der Waals surface area contributed by atoms with Gasteiger partial charge in [0.1, 0.15) is 6.54 Å². The van der Waals surface area contributed by atoms with Gasteiger partial charge in [-0.3, -0.25) is 0 Å². The molecule has 0 bridgehead atoms. The number of aryl methyl sites for hydroxylation is 1. The molecule has 1 aromatic rings. The summed E-state index contributed by atoms with van der Waals surface area (Å²) in [4.78, 5) is 0. The molecule has 0 aliphatic carbocycles. The van der Waals surface area contributed by atoms with Crippen LogP contribution in [0.5, 0.6) is 0 Å². The quantitative estimate of drug-likeness (QED) is 0.295. The average molecular weight is 334 g/mol. The van der Waals surface area contributed by atoms with Crippen LogP contribution in [0.1, 0.15) is 102 Å². The zero-order valence-electron chi connectivity index (χ0n) is 16.1. The third kappa shape index (κ3) is 11.6. The van der Waals surface area contributed by atoms with E-state index < -0.39 is 0 Å². The highest BCUT2D eigenvalue weighted by Crippen LogP contribution is 2.12. The Hall–Kier alpha value is -0.890. The zero-order chi connectivity index (χ0) is 17.3. The molecule has 1 aromatic heterocycles. The van der Waals surface area contributed by atoms with E-state index in [4.69, 9.17) is 5.73 Å². The molecule has 0 amide bonds. The minimum atomic E-state index is 0.639. The first-order chi connectivity index (χ1) is 11.9. The van der Waals surface area contributed by atoms with Gasteiger partial charge in [0.2, 0.25) is 0 Å². The Bertz CT molecular complexity index is 372. The molecule has 24 heavy (non-hydrogen) atoms. The fourth-order valence-corrected chi connectivity index (χ4v) is 3.26. The van der Waals surface area contributed by atoms with Crippen LogP contribution < -0.4 is 10.3 Å². The van der Waals surface area contributed by atoms with Gasteiger partial charge in [-0.2, -0.15) is 0 Å². The van der Waals surface area contributed by atoms with Crippen LogP contribution in [0.15, 0.2) is 24.5 Å². The molecule has 0 fully saturated rings. The van der Waals surface area contributed by atoms with E-state index in [2.05, 4.69) is 36.0 Å². The summed E-state index contributed by atoms with van der Waals surface area (Å²) >= 11 is 0. The lowest BCUT2D eigenvalue weighted by atomic mass is 10.0. The van der Waals surface area contributed by atoms with Crippen molar-refractivity contribution in [2.45, 2.75) is 110 Å². The molecule has 0 aromatic carbocycles. The number of nitrogens with two attached hydrogens (primary N) is 1. The first kappa shape index (κ1) is 21.2. The van der Waals surface area contributed by atoms with Crippen molar-refractivity contribution in [3.8, 4) is 0 Å². The maximum absolute atomic E-state index is 5.62. The highest BCUT2D eigenvalue weighted by Gasteiger charge is 2.00. The van der Waals surface area contributed by atoms with Crippen molar-refractivity contribution in [1.29, 1.82) is 0 Å². The van der Waals surface area contributed by atoms with Crippen molar-refractivity contribution in [1.82, 2.24) is 0 Å². The van der Waals surface area contributed by atoms with Crippen molar-refractivity contribution >= 4 is 0 Å². The Morgan fingerprint density at radius 1 is 0.667 bits per heavy atom. The lowest BCUT2D eigenvalue weighted by molar-refractivity contribution is -0.697. The van der Waals surface area contributed by atoms with E-state index in [9.17, 15) is 0 Å². The maximum Gasteiger partial charge on any atom is 0.169 e. The molecular weight excluding hydrogens is 292 g/mol. The van der Waals surface area contributed by atoms with Gasteiger partial charge < -0.3 is 5.73 Å². The maximum atomic E-state index is 5.62. The highest BCUT2D eigenvalue weighted by atomic mass is 14.9. The molecule has 2 N–H and O–H groups in total. The Kier molecular flexibility index (Phi) is 13.8. The lowest BCUT2D eigenvalue weighted by Gasteiger charge is -2.03. The van der Waals surface area contributed by atoms with Gasteiger partial charge >= 0.3 is 0 Å². The zero-order valence-corrected chi connectivity index (χ0v) is 16.1. The Morgan fingerprint density at radius 2 is 1.08 bits per heavy atom. The molecule has 0 aliphatic rings. The molecule has 0 aliphatic heterocycles. The molecule has 0 saturated heterocycles. The normalized spacial score (nSPS) is 11.1. The van der Waals surface area contributed by atoms with Gasteiger partial charge in [-0.25, -0.2) is 4.57 Å². The number of unbranched alkanes of at least 4 members (excludes halogenated alkanes) is 13. The predicted octanol–water partition coefficient (Wildman–Crippen LogP) is 5.91. The van der Waals surface area contributed by atoms with Crippen LogP contribution in [0.2, 0.25) is 0 Å². The van der Waals surface area contributed by atoms with Crippen molar-refractivity contribution in [2.24, 2.45) is 5.73 Å². The summed E-state index contributed by atoms with van der Waals surface area (Å²) in [7, 11) is 0. The van der Waals surface area contributed by atoms with E-state index in [0.717, 1.165) is 6.54 Å². The summed E-state index contributed by atoms with van der Waals surface area (Å²) in [6.45, 7) is 4.07. The second-order valence-corrected chi connectivity index (χ2v) is 7.24. The van der Waals surface area contributed by atoms with Gasteiger partial charge in [0.15, 0.2) is 12.4 Å². The van der Waals surface area contributed by atoms with Gasteiger partial charge in [-0.1, -0.05) is 84.0 Å². The summed E-state index contributed by atoms with van der Waals surface area (Å²) < 4.78 is 2.28. The van der Waals surface area contributed by atoms with E-state index in [1.54, 1.807) is 0 Å². The number of nitrogens with zero attached hydrogens (tertiary/aromatic N) is 1. The van der Waals surface area contributed by atoms with E-state index in [-0.39, 0.29) is 0 Å². The second-order valence-electron chi connectivity index (χ2n) is 7.24. The first-order valence-corrected chi connectivity index (χ1v) is 10.5. The standard InChI is InChI=1S/C22H41N2/c1-2-3-4-5-6-7-8-9-10-11-12-13-14-15-18-24-19-16-22(21-23)17-20-24/h16-17,19-20H,2-15,18,21,23H2,1H3/q+1. The summed E-state index contributed by atoms with van der Waals surface area (Å²) in [5, 5.41) is 0. The molecule has 1 heterocycles. The summed E-state index contributed by atoms with van der Waals surface area (Å²) in [5.41, 5.74) is 6.84. The number of hydrogen-bond acceptors (Lipinski definition) is 1. The smallest absolute Gasteiger partial charge is 0.169 e. The average Bonchev–Trinajstić information content (AvgIpc) is 2.62. The second kappa shape index (κ2) is 15.6. The number of aromatic nitrogens is 1. The number of hydrogen-bond donors (Lipinski definition) is 1. The van der Waals surface area contributed by atoms with Crippen molar-refractivity contribution in [2.75, 3.05) is 0 Å². The highest BCUT2D eigenvalue weighted by molar-refractivity contribution is 5.05. The fourth-order valence-electron chi connectivity index (χ4n) is 3.26. The van der Waals surface area contributed by atoms with Crippen molar-refractivity contribution in [3.05, 3.63) is 30.1 Å². The molecule has 138 valence electrons. The predicted molar refractivity (Wildman–Crippen MR) is 105 cm³/mol. The van der Waals surface area contributed by atoms with E-state index >= 15 is 0 Å². The lowest BCUT2D eigenvalue weighted by Crippen LogP contribution is -2.32. The number of rotatable bonds is 16. The largest absolute Gasteiger partial charge is 0.326 e. The molecule has 2 heteroatoms. The molecule has 0 atom stereocenters. The minimum Gasteiger partial charge on any atom is -0.326 e. The molecule has 0 radical (unpaired) electrons. The van der Waals surface area contributed by atoms with Crippen molar-refractivity contribution < 1.29 is 4.57 Å². The molecule has 2 nitrogen and oxygen atoms in total. The molecule has 0 saturated carbocycles. The Morgan fingerprint density at radius 3 is 1.50 bits per heavy atom. The Labute approximate surface area is 150 Å². The fraction of sp³-hybridized carbons (Fsp3) is 0.773. The van der Waals surface area contributed by atoms with Crippen LogP contribution in [0.4, 0.5) is 0 Å². The van der Waals surface area contributed by atoms with E-state index in [1.165, 1.54) is 95.5 Å². The SMILES string of the molecule is CCCCCCCCCCCCCCCC[n+]1ccc(CN)cc1. The summed E-state index contributed by atoms with van der Waals surface area (Å²) in [6.07, 6.45) is 24.2. The molecule has 0 spiro atoms. The topological polar surface area (TPSA) is 29.9 Å². The summed E-state index contributed by atoms with van der Waals surface area (Å²) in [5.74, 6) is 0. The molecule has 1 rings (SSSR count). The van der Waals surface area contributed by atoms with Crippen LogP contribution in [0, 0.1) is 0 Å². The first-order valence-electron chi connectivity index (χ1n) is 10.5.